The summed E-state index contributed by atoms with van der Waals surface area (Å²) in [6.07, 6.45) is 4.31. The predicted octanol–water partition coefficient (Wildman–Crippen LogP) is 5.18. The summed E-state index contributed by atoms with van der Waals surface area (Å²) >= 11 is 0. The highest BCUT2D eigenvalue weighted by Gasteiger charge is 2.33. The molecule has 0 N–H and O–H groups in total. The molecular formula is C13H26FO2P. The zero-order chi connectivity index (χ0) is 13.1. The van der Waals surface area contributed by atoms with Crippen molar-refractivity contribution in [1.82, 2.24) is 0 Å². The maximum absolute atomic E-state index is 13.5. The van der Waals surface area contributed by atoms with Crippen molar-refractivity contribution >= 4 is 7.68 Å². The normalized spacial score (nSPS) is 29.9. The van der Waals surface area contributed by atoms with E-state index in [-0.39, 0.29) is 12.3 Å². The monoisotopic (exact) mass is 264 g/mol. The minimum atomic E-state index is -3.82. The molecule has 0 spiro atoms. The average Bonchev–Trinajstić information content (AvgIpc) is 2.16. The molecule has 0 aromatic rings. The molecule has 4 heteroatoms. The first-order chi connectivity index (χ1) is 7.74. The Balaban J connectivity index is 2.40. The van der Waals surface area contributed by atoms with Gasteiger partial charge >= 0.3 is 7.68 Å². The molecule has 0 heterocycles. The second kappa shape index (κ2) is 5.84. The van der Waals surface area contributed by atoms with Gasteiger partial charge in [0.05, 0.1) is 12.3 Å². The maximum Gasteiger partial charge on any atom is 0.367 e. The molecule has 2 nitrogen and oxygen atoms in total. The SMILES string of the molecule is CCCP(=O)(F)OC1CCC(C(C)(C)C)CC1. The summed E-state index contributed by atoms with van der Waals surface area (Å²) in [6, 6.07) is 0. The number of hydrogen-bond donors (Lipinski definition) is 0. The molecule has 1 rings (SSSR count). The average molecular weight is 264 g/mol. The molecule has 0 aromatic heterocycles. The molecule has 0 aromatic carbocycles. The van der Waals surface area contributed by atoms with Crippen molar-refractivity contribution in [1.29, 1.82) is 0 Å². The van der Waals surface area contributed by atoms with Crippen LogP contribution >= 0.6 is 7.68 Å². The summed E-state index contributed by atoms with van der Waals surface area (Å²) in [7, 11) is -3.82. The molecule has 1 unspecified atom stereocenters. The summed E-state index contributed by atoms with van der Waals surface area (Å²) in [5.41, 5.74) is 0.313. The van der Waals surface area contributed by atoms with Crippen LogP contribution in [-0.4, -0.2) is 12.3 Å². The van der Waals surface area contributed by atoms with Gasteiger partial charge in [0.1, 0.15) is 0 Å². The van der Waals surface area contributed by atoms with Crippen molar-refractivity contribution in [2.75, 3.05) is 6.16 Å². The zero-order valence-electron chi connectivity index (χ0n) is 11.5. The Morgan fingerprint density at radius 1 is 1.24 bits per heavy atom. The fourth-order valence-electron chi connectivity index (χ4n) is 2.58. The predicted molar refractivity (Wildman–Crippen MR) is 70.2 cm³/mol. The lowest BCUT2D eigenvalue weighted by Gasteiger charge is -2.36. The van der Waals surface area contributed by atoms with Crippen LogP contribution < -0.4 is 0 Å². The molecule has 0 radical (unpaired) electrons. The van der Waals surface area contributed by atoms with Crippen molar-refractivity contribution in [3.63, 3.8) is 0 Å². The van der Waals surface area contributed by atoms with Crippen LogP contribution in [0.3, 0.4) is 0 Å². The smallest absolute Gasteiger partial charge is 0.302 e. The van der Waals surface area contributed by atoms with E-state index in [9.17, 15) is 8.76 Å². The Morgan fingerprint density at radius 2 is 1.76 bits per heavy atom. The summed E-state index contributed by atoms with van der Waals surface area (Å²) < 4.78 is 30.2. The van der Waals surface area contributed by atoms with Crippen LogP contribution in [0.2, 0.25) is 0 Å². The lowest BCUT2D eigenvalue weighted by Crippen LogP contribution is -2.28. The number of rotatable bonds is 4. The van der Waals surface area contributed by atoms with Gasteiger partial charge in [-0.3, -0.25) is 4.57 Å². The largest absolute Gasteiger partial charge is 0.367 e. The third kappa shape index (κ3) is 5.09. The van der Waals surface area contributed by atoms with Gasteiger partial charge in [0.15, 0.2) is 0 Å². The Bertz CT molecular complexity index is 278. The quantitative estimate of drug-likeness (QED) is 0.654. The van der Waals surface area contributed by atoms with E-state index >= 15 is 0 Å². The van der Waals surface area contributed by atoms with E-state index in [1.807, 2.05) is 6.92 Å². The Hall–Kier alpha value is 0.120. The fourth-order valence-corrected chi connectivity index (χ4v) is 3.87. The molecule has 1 fully saturated rings. The minimum Gasteiger partial charge on any atom is -0.302 e. The van der Waals surface area contributed by atoms with Crippen molar-refractivity contribution < 1.29 is 13.3 Å². The molecule has 1 atom stereocenters. The minimum absolute atomic E-state index is 0.0617. The van der Waals surface area contributed by atoms with Crippen molar-refractivity contribution in [2.24, 2.45) is 11.3 Å². The molecule has 1 aliphatic rings. The van der Waals surface area contributed by atoms with Crippen LogP contribution in [0.4, 0.5) is 4.20 Å². The van der Waals surface area contributed by atoms with Crippen molar-refractivity contribution in [2.45, 2.75) is 65.9 Å². The Kier molecular flexibility index (Phi) is 5.21. The van der Waals surface area contributed by atoms with Gasteiger partial charge < -0.3 is 4.52 Å². The Morgan fingerprint density at radius 3 is 2.18 bits per heavy atom. The van der Waals surface area contributed by atoms with Gasteiger partial charge in [-0.15, -0.1) is 0 Å². The highest BCUT2D eigenvalue weighted by atomic mass is 31.2. The van der Waals surface area contributed by atoms with Crippen LogP contribution in [-0.2, 0) is 9.09 Å². The lowest BCUT2D eigenvalue weighted by molar-refractivity contribution is 0.0846. The van der Waals surface area contributed by atoms with Crippen molar-refractivity contribution in [3.05, 3.63) is 0 Å². The first kappa shape index (κ1) is 15.2. The van der Waals surface area contributed by atoms with E-state index in [2.05, 4.69) is 20.8 Å². The van der Waals surface area contributed by atoms with Gasteiger partial charge in [-0.2, -0.15) is 4.20 Å². The highest BCUT2D eigenvalue weighted by Crippen LogP contribution is 2.52. The van der Waals surface area contributed by atoms with E-state index in [1.54, 1.807) is 0 Å². The molecule has 102 valence electrons. The summed E-state index contributed by atoms with van der Waals surface area (Å²) in [6.45, 7) is 8.56. The lowest BCUT2D eigenvalue weighted by atomic mass is 9.72. The zero-order valence-corrected chi connectivity index (χ0v) is 12.4. The molecule has 17 heavy (non-hydrogen) atoms. The molecule has 0 bridgehead atoms. The van der Waals surface area contributed by atoms with Crippen LogP contribution in [0, 0.1) is 11.3 Å². The van der Waals surface area contributed by atoms with Gasteiger partial charge in [0.25, 0.3) is 0 Å². The third-order valence-corrected chi connectivity index (χ3v) is 5.29. The molecule has 0 saturated heterocycles. The second-order valence-corrected chi connectivity index (χ2v) is 8.10. The summed E-state index contributed by atoms with van der Waals surface area (Å²) in [5, 5.41) is 0. The Labute approximate surface area is 105 Å². The first-order valence-electron chi connectivity index (χ1n) is 6.71. The van der Waals surface area contributed by atoms with E-state index in [0.717, 1.165) is 25.7 Å². The third-order valence-electron chi connectivity index (χ3n) is 3.70. The van der Waals surface area contributed by atoms with Crippen LogP contribution in [0.1, 0.15) is 59.8 Å². The molecule has 0 aliphatic heterocycles. The van der Waals surface area contributed by atoms with Gasteiger partial charge in [-0.05, 0) is 43.4 Å². The number of halogens is 1. The van der Waals surface area contributed by atoms with Gasteiger partial charge in [0.2, 0.25) is 0 Å². The summed E-state index contributed by atoms with van der Waals surface area (Å²) in [5.74, 6) is 0.674. The van der Waals surface area contributed by atoms with E-state index in [0.29, 0.717) is 17.8 Å². The van der Waals surface area contributed by atoms with Crippen LogP contribution in [0.5, 0.6) is 0 Å². The van der Waals surface area contributed by atoms with Gasteiger partial charge in [-0.1, -0.05) is 27.7 Å². The second-order valence-electron chi connectivity index (χ2n) is 6.26. The maximum atomic E-state index is 13.5. The van der Waals surface area contributed by atoms with Gasteiger partial charge in [0, 0.05) is 0 Å². The van der Waals surface area contributed by atoms with E-state index in [1.165, 1.54) is 0 Å². The highest BCUT2D eigenvalue weighted by molar-refractivity contribution is 7.53. The van der Waals surface area contributed by atoms with E-state index in [4.69, 9.17) is 4.52 Å². The van der Waals surface area contributed by atoms with Crippen LogP contribution in [0.25, 0.3) is 0 Å². The summed E-state index contributed by atoms with van der Waals surface area (Å²) in [4.78, 5) is 0. The van der Waals surface area contributed by atoms with E-state index < -0.39 is 7.68 Å². The number of hydrogen-bond acceptors (Lipinski definition) is 2. The standard InChI is InChI=1S/C13H26FO2P/c1-5-10-17(14,15)16-12-8-6-11(7-9-12)13(2,3)4/h11-12H,5-10H2,1-4H3. The first-order valence-corrected chi connectivity index (χ1v) is 8.42. The molecule has 0 amide bonds. The van der Waals surface area contributed by atoms with Crippen molar-refractivity contribution in [3.8, 4) is 0 Å². The molecule has 1 aliphatic carbocycles. The van der Waals surface area contributed by atoms with Crippen LogP contribution in [0.15, 0.2) is 0 Å². The fraction of sp³-hybridized carbons (Fsp3) is 1.00. The molecular weight excluding hydrogens is 238 g/mol. The van der Waals surface area contributed by atoms with Gasteiger partial charge in [-0.25, -0.2) is 0 Å². The topological polar surface area (TPSA) is 26.3 Å². The molecule has 1 saturated carbocycles.